The molecule has 0 atom stereocenters. The molecule has 2 aromatic rings. The molecule has 0 radical (unpaired) electrons. The Morgan fingerprint density at radius 3 is 2.76 bits per heavy atom. The molecule has 0 heterocycles. The molecule has 0 saturated heterocycles. The van der Waals surface area contributed by atoms with E-state index < -0.39 is 0 Å². The van der Waals surface area contributed by atoms with Crippen LogP contribution < -0.4 is 11.1 Å². The molecule has 0 spiro atoms. The van der Waals surface area contributed by atoms with Crippen molar-refractivity contribution in [1.29, 1.82) is 5.26 Å². The predicted octanol–water partition coefficient (Wildman–Crippen LogP) is 2.97. The van der Waals surface area contributed by atoms with Crippen molar-refractivity contribution in [1.82, 2.24) is 0 Å². The fourth-order valence-electron chi connectivity index (χ4n) is 2.00. The Bertz CT molecular complexity index is 707. The zero-order chi connectivity index (χ0) is 15.2. The molecule has 4 nitrogen and oxygen atoms in total. The average molecular weight is 300 g/mol. The highest BCUT2D eigenvalue weighted by Crippen LogP contribution is 2.24. The zero-order valence-electron chi connectivity index (χ0n) is 11.3. The van der Waals surface area contributed by atoms with Crippen molar-refractivity contribution in [2.75, 3.05) is 11.9 Å². The molecule has 2 rings (SSSR count). The van der Waals surface area contributed by atoms with Crippen LogP contribution in [-0.2, 0) is 6.42 Å². The first kappa shape index (κ1) is 15.0. The largest absolute Gasteiger partial charge is 0.330 e. The lowest BCUT2D eigenvalue weighted by Gasteiger charge is -2.11. The maximum absolute atomic E-state index is 12.4. The van der Waals surface area contributed by atoms with Crippen LogP contribution in [0.2, 0.25) is 5.02 Å². The Morgan fingerprint density at radius 2 is 2.05 bits per heavy atom. The second-order valence-corrected chi connectivity index (χ2v) is 4.86. The number of nitrogens with zero attached hydrogens (tertiary/aromatic N) is 1. The summed E-state index contributed by atoms with van der Waals surface area (Å²) in [4.78, 5) is 12.4. The van der Waals surface area contributed by atoms with Crippen LogP contribution in [0.5, 0.6) is 0 Å². The molecular formula is C16H14ClN3O. The minimum Gasteiger partial charge on any atom is -0.330 e. The number of hydrogen-bond donors (Lipinski definition) is 2. The number of nitrogens with two attached hydrogens (primary N) is 1. The summed E-state index contributed by atoms with van der Waals surface area (Å²) in [5.74, 6) is -0.268. The first-order chi connectivity index (χ1) is 10.2. The normalized spacial score (nSPS) is 9.95. The molecular weight excluding hydrogens is 286 g/mol. The molecule has 106 valence electrons. The highest BCUT2D eigenvalue weighted by molar-refractivity contribution is 6.34. The van der Waals surface area contributed by atoms with Gasteiger partial charge in [0.2, 0.25) is 0 Å². The van der Waals surface area contributed by atoms with Crippen LogP contribution in [0.1, 0.15) is 21.5 Å². The molecule has 0 aliphatic carbocycles. The number of rotatable bonds is 4. The molecule has 0 fully saturated rings. The molecule has 0 saturated carbocycles. The molecule has 0 aliphatic rings. The number of nitrogens with one attached hydrogen (secondary N) is 1. The summed E-state index contributed by atoms with van der Waals surface area (Å²) in [6.45, 7) is 0.467. The van der Waals surface area contributed by atoms with Crippen molar-refractivity contribution < 1.29 is 4.79 Å². The Labute approximate surface area is 128 Å². The van der Waals surface area contributed by atoms with Gasteiger partial charge in [-0.05, 0) is 42.8 Å². The van der Waals surface area contributed by atoms with Gasteiger partial charge in [-0.3, -0.25) is 4.79 Å². The summed E-state index contributed by atoms with van der Waals surface area (Å²) in [7, 11) is 0. The molecule has 3 N–H and O–H groups in total. The minimum absolute atomic E-state index is 0.268. The standard InChI is InChI=1S/C16H14ClN3O/c17-14-6-5-11(10-19)9-15(14)20-16(21)13-4-2-1-3-12(13)7-8-18/h1-6,9H,7-8,18H2,(H,20,21). The lowest BCUT2D eigenvalue weighted by molar-refractivity contribution is 0.102. The van der Waals surface area contributed by atoms with E-state index in [9.17, 15) is 4.79 Å². The van der Waals surface area contributed by atoms with Gasteiger partial charge in [-0.25, -0.2) is 0 Å². The summed E-state index contributed by atoms with van der Waals surface area (Å²) in [6, 6.07) is 14.0. The van der Waals surface area contributed by atoms with E-state index in [4.69, 9.17) is 22.6 Å². The van der Waals surface area contributed by atoms with Crippen LogP contribution in [0.4, 0.5) is 5.69 Å². The fraction of sp³-hybridized carbons (Fsp3) is 0.125. The lowest BCUT2D eigenvalue weighted by Crippen LogP contribution is -2.16. The molecule has 0 unspecified atom stereocenters. The van der Waals surface area contributed by atoms with Crippen LogP contribution in [0, 0.1) is 11.3 Å². The van der Waals surface area contributed by atoms with E-state index >= 15 is 0 Å². The Balaban J connectivity index is 2.28. The smallest absolute Gasteiger partial charge is 0.255 e. The third kappa shape index (κ3) is 3.60. The van der Waals surface area contributed by atoms with Crippen molar-refractivity contribution in [3.05, 3.63) is 64.2 Å². The summed E-state index contributed by atoms with van der Waals surface area (Å²) in [5, 5.41) is 12.0. The van der Waals surface area contributed by atoms with Crippen LogP contribution in [0.3, 0.4) is 0 Å². The van der Waals surface area contributed by atoms with E-state index in [1.807, 2.05) is 18.2 Å². The number of amides is 1. The van der Waals surface area contributed by atoms with E-state index in [1.54, 1.807) is 30.3 Å². The van der Waals surface area contributed by atoms with E-state index in [2.05, 4.69) is 5.32 Å². The molecule has 2 aromatic carbocycles. The highest BCUT2D eigenvalue weighted by atomic mass is 35.5. The van der Waals surface area contributed by atoms with E-state index in [-0.39, 0.29) is 5.91 Å². The second kappa shape index (κ2) is 6.89. The van der Waals surface area contributed by atoms with Gasteiger partial charge in [0.25, 0.3) is 5.91 Å². The third-order valence-electron chi connectivity index (χ3n) is 3.02. The van der Waals surface area contributed by atoms with Crippen molar-refractivity contribution in [3.8, 4) is 6.07 Å². The minimum atomic E-state index is -0.268. The maximum atomic E-state index is 12.4. The van der Waals surface area contributed by atoms with Crippen LogP contribution in [-0.4, -0.2) is 12.5 Å². The van der Waals surface area contributed by atoms with Gasteiger partial charge in [0.15, 0.2) is 0 Å². The van der Waals surface area contributed by atoms with Crippen LogP contribution in [0.25, 0.3) is 0 Å². The van der Waals surface area contributed by atoms with Gasteiger partial charge >= 0.3 is 0 Å². The van der Waals surface area contributed by atoms with Gasteiger partial charge in [-0.2, -0.15) is 5.26 Å². The molecule has 5 heteroatoms. The van der Waals surface area contributed by atoms with E-state index in [1.165, 1.54) is 0 Å². The van der Waals surface area contributed by atoms with Crippen LogP contribution >= 0.6 is 11.6 Å². The topological polar surface area (TPSA) is 78.9 Å². The van der Waals surface area contributed by atoms with Gasteiger partial charge in [0.1, 0.15) is 0 Å². The van der Waals surface area contributed by atoms with Crippen molar-refractivity contribution in [3.63, 3.8) is 0 Å². The maximum Gasteiger partial charge on any atom is 0.255 e. The van der Waals surface area contributed by atoms with Gasteiger partial charge in [0, 0.05) is 5.56 Å². The summed E-state index contributed by atoms with van der Waals surface area (Å²) in [5.41, 5.74) is 7.85. The number of carbonyl (C=O) groups is 1. The summed E-state index contributed by atoms with van der Waals surface area (Å²) >= 11 is 6.04. The third-order valence-corrected chi connectivity index (χ3v) is 3.35. The number of benzene rings is 2. The SMILES string of the molecule is N#Cc1ccc(Cl)c(NC(=O)c2ccccc2CCN)c1. The van der Waals surface area contributed by atoms with Crippen molar-refractivity contribution >= 4 is 23.2 Å². The van der Waals surface area contributed by atoms with Gasteiger partial charge in [-0.1, -0.05) is 29.8 Å². The molecule has 1 amide bonds. The molecule has 0 aromatic heterocycles. The Kier molecular flexibility index (Phi) is 4.94. The number of hydrogen-bond acceptors (Lipinski definition) is 3. The van der Waals surface area contributed by atoms with Gasteiger partial charge in [-0.15, -0.1) is 0 Å². The van der Waals surface area contributed by atoms with Crippen molar-refractivity contribution in [2.24, 2.45) is 5.73 Å². The quantitative estimate of drug-likeness (QED) is 0.911. The second-order valence-electron chi connectivity index (χ2n) is 4.46. The van der Waals surface area contributed by atoms with E-state index in [0.717, 1.165) is 5.56 Å². The molecule has 0 aliphatic heterocycles. The van der Waals surface area contributed by atoms with Gasteiger partial charge in [0.05, 0.1) is 22.3 Å². The van der Waals surface area contributed by atoms with Crippen LogP contribution in [0.15, 0.2) is 42.5 Å². The number of nitriles is 1. The monoisotopic (exact) mass is 299 g/mol. The predicted molar refractivity (Wildman–Crippen MR) is 83.3 cm³/mol. The zero-order valence-corrected chi connectivity index (χ0v) is 12.0. The first-order valence-electron chi connectivity index (χ1n) is 6.44. The van der Waals surface area contributed by atoms with Crippen molar-refractivity contribution in [2.45, 2.75) is 6.42 Å². The average Bonchev–Trinajstić information content (AvgIpc) is 2.50. The summed E-state index contributed by atoms with van der Waals surface area (Å²) < 4.78 is 0. The number of anilines is 1. The molecule has 21 heavy (non-hydrogen) atoms. The Morgan fingerprint density at radius 1 is 1.29 bits per heavy atom. The fourth-order valence-corrected chi connectivity index (χ4v) is 2.16. The van der Waals surface area contributed by atoms with E-state index in [0.29, 0.717) is 34.8 Å². The summed E-state index contributed by atoms with van der Waals surface area (Å²) in [6.07, 6.45) is 0.621. The first-order valence-corrected chi connectivity index (χ1v) is 6.82. The Hall–Kier alpha value is -2.35. The number of halogens is 1. The number of carbonyl (C=O) groups excluding carboxylic acids is 1. The highest BCUT2D eigenvalue weighted by Gasteiger charge is 2.12. The lowest BCUT2D eigenvalue weighted by atomic mass is 10.0. The van der Waals surface area contributed by atoms with Gasteiger partial charge < -0.3 is 11.1 Å². The molecule has 0 bridgehead atoms.